The Morgan fingerprint density at radius 1 is 1.28 bits per heavy atom. The normalized spacial score (nSPS) is 11.9. The lowest BCUT2D eigenvalue weighted by Crippen LogP contribution is -2.41. The van der Waals surface area contributed by atoms with Crippen molar-refractivity contribution in [3.63, 3.8) is 0 Å². The first-order valence-corrected chi connectivity index (χ1v) is 6.40. The van der Waals surface area contributed by atoms with E-state index in [4.69, 9.17) is 4.74 Å². The van der Waals surface area contributed by atoms with Crippen molar-refractivity contribution in [2.75, 3.05) is 13.2 Å². The van der Waals surface area contributed by atoms with Crippen LogP contribution >= 0.6 is 0 Å². The third-order valence-electron chi connectivity index (χ3n) is 2.59. The molecule has 1 rings (SSSR count). The molecule has 0 spiro atoms. The summed E-state index contributed by atoms with van der Waals surface area (Å²) in [5.41, 5.74) is 1.13. The number of hydrogen-bond acceptors (Lipinski definition) is 3. The minimum Gasteiger partial charge on any atom is -0.494 e. The third-order valence-corrected chi connectivity index (χ3v) is 2.59. The second-order valence-electron chi connectivity index (χ2n) is 4.07. The molecule has 1 unspecified atom stereocenters. The van der Waals surface area contributed by atoms with Gasteiger partial charge in [0.15, 0.2) is 0 Å². The molecule has 1 atom stereocenters. The van der Waals surface area contributed by atoms with E-state index in [1.807, 2.05) is 45.0 Å². The van der Waals surface area contributed by atoms with E-state index in [1.54, 1.807) is 0 Å². The zero-order valence-corrected chi connectivity index (χ0v) is 11.3. The van der Waals surface area contributed by atoms with Gasteiger partial charge in [0.25, 0.3) is 0 Å². The summed E-state index contributed by atoms with van der Waals surface area (Å²) in [5.74, 6) is 0.904. The van der Waals surface area contributed by atoms with Crippen molar-refractivity contribution in [3.8, 4) is 5.75 Å². The zero-order valence-electron chi connectivity index (χ0n) is 11.3. The summed E-state index contributed by atoms with van der Waals surface area (Å²) in [7, 11) is 0. The fourth-order valence-corrected chi connectivity index (χ4v) is 1.56. The minimum absolute atomic E-state index is 0.0310. The highest BCUT2D eigenvalue weighted by atomic mass is 16.5. The lowest BCUT2D eigenvalue weighted by Gasteiger charge is -2.13. The maximum absolute atomic E-state index is 11.5. The van der Waals surface area contributed by atoms with Crippen LogP contribution in [-0.4, -0.2) is 25.1 Å². The molecular formula is C14H22N2O2. The molecule has 4 nitrogen and oxygen atoms in total. The lowest BCUT2D eigenvalue weighted by molar-refractivity contribution is -0.122. The van der Waals surface area contributed by atoms with E-state index < -0.39 is 0 Å². The summed E-state index contributed by atoms with van der Waals surface area (Å²) in [6.45, 7) is 7.74. The summed E-state index contributed by atoms with van der Waals surface area (Å²) in [4.78, 5) is 11.5. The summed E-state index contributed by atoms with van der Waals surface area (Å²) < 4.78 is 5.37. The molecule has 0 saturated heterocycles. The summed E-state index contributed by atoms with van der Waals surface area (Å²) in [6.07, 6.45) is 0. The minimum atomic E-state index is -0.184. The van der Waals surface area contributed by atoms with Crippen LogP contribution in [0.3, 0.4) is 0 Å². The number of carbonyl (C=O) groups is 1. The zero-order chi connectivity index (χ0) is 13.4. The Bertz CT molecular complexity index is 363. The highest BCUT2D eigenvalue weighted by Gasteiger charge is 2.10. The molecule has 0 radical (unpaired) electrons. The van der Waals surface area contributed by atoms with Gasteiger partial charge in [0.05, 0.1) is 12.6 Å². The Balaban J connectivity index is 2.41. The van der Waals surface area contributed by atoms with E-state index in [-0.39, 0.29) is 11.9 Å². The van der Waals surface area contributed by atoms with Gasteiger partial charge in [0.1, 0.15) is 5.75 Å². The lowest BCUT2D eigenvalue weighted by atomic mass is 10.2. The third kappa shape index (κ3) is 4.75. The molecule has 0 aromatic heterocycles. The van der Waals surface area contributed by atoms with Crippen molar-refractivity contribution in [2.24, 2.45) is 0 Å². The van der Waals surface area contributed by atoms with E-state index in [0.717, 1.165) is 11.3 Å². The number of rotatable bonds is 7. The highest BCUT2D eigenvalue weighted by molar-refractivity contribution is 5.81. The number of likely N-dealkylation sites (N-methyl/N-ethyl adjacent to an activating group) is 1. The smallest absolute Gasteiger partial charge is 0.236 e. The molecule has 0 fully saturated rings. The molecule has 1 aromatic carbocycles. The molecule has 0 saturated carbocycles. The van der Waals surface area contributed by atoms with Crippen LogP contribution in [0.4, 0.5) is 0 Å². The predicted molar refractivity (Wildman–Crippen MR) is 72.6 cm³/mol. The number of nitrogens with one attached hydrogen (secondary N) is 2. The molecule has 4 heteroatoms. The molecule has 100 valence electrons. The standard InChI is InChI=1S/C14H22N2O2/c1-4-15-14(17)11(3)16-10-12-6-8-13(9-7-12)18-5-2/h6-9,11,16H,4-5,10H2,1-3H3,(H,15,17). The predicted octanol–water partition coefficient (Wildman–Crippen LogP) is 1.70. The molecule has 0 heterocycles. The molecular weight excluding hydrogens is 228 g/mol. The van der Waals surface area contributed by atoms with Gasteiger partial charge in [-0.2, -0.15) is 0 Å². The molecule has 2 N–H and O–H groups in total. The summed E-state index contributed by atoms with van der Waals surface area (Å²) in [5, 5.41) is 5.97. The number of hydrogen-bond donors (Lipinski definition) is 2. The molecule has 0 aliphatic carbocycles. The van der Waals surface area contributed by atoms with Crippen LogP contribution in [0.5, 0.6) is 5.75 Å². The second-order valence-corrected chi connectivity index (χ2v) is 4.07. The van der Waals surface area contributed by atoms with E-state index >= 15 is 0 Å². The van der Waals surface area contributed by atoms with Gasteiger partial charge in [-0.05, 0) is 38.5 Å². The van der Waals surface area contributed by atoms with Crippen LogP contribution in [0.1, 0.15) is 26.3 Å². The first-order chi connectivity index (χ1) is 8.67. The second kappa shape index (κ2) is 7.71. The number of carbonyl (C=O) groups excluding carboxylic acids is 1. The van der Waals surface area contributed by atoms with Gasteiger partial charge in [0, 0.05) is 13.1 Å². The number of amides is 1. The summed E-state index contributed by atoms with van der Waals surface area (Å²) >= 11 is 0. The quantitative estimate of drug-likeness (QED) is 0.774. The van der Waals surface area contributed by atoms with Crippen LogP contribution in [-0.2, 0) is 11.3 Å². The summed E-state index contributed by atoms with van der Waals surface area (Å²) in [6, 6.07) is 7.70. The maximum atomic E-state index is 11.5. The van der Waals surface area contributed by atoms with Crippen molar-refractivity contribution in [1.82, 2.24) is 10.6 Å². The SMILES string of the molecule is CCNC(=O)C(C)NCc1ccc(OCC)cc1. The Morgan fingerprint density at radius 2 is 1.94 bits per heavy atom. The first-order valence-electron chi connectivity index (χ1n) is 6.40. The van der Waals surface area contributed by atoms with Gasteiger partial charge in [-0.3, -0.25) is 4.79 Å². The topological polar surface area (TPSA) is 50.4 Å². The van der Waals surface area contributed by atoms with Gasteiger partial charge >= 0.3 is 0 Å². The Hall–Kier alpha value is -1.55. The van der Waals surface area contributed by atoms with Crippen LogP contribution < -0.4 is 15.4 Å². The van der Waals surface area contributed by atoms with Crippen molar-refractivity contribution in [3.05, 3.63) is 29.8 Å². The van der Waals surface area contributed by atoms with Crippen LogP contribution in [0.15, 0.2) is 24.3 Å². The molecule has 1 aromatic rings. The molecule has 0 bridgehead atoms. The maximum Gasteiger partial charge on any atom is 0.236 e. The van der Waals surface area contributed by atoms with E-state index in [0.29, 0.717) is 19.7 Å². The monoisotopic (exact) mass is 250 g/mol. The van der Waals surface area contributed by atoms with Crippen LogP contribution in [0, 0.1) is 0 Å². The van der Waals surface area contributed by atoms with E-state index in [2.05, 4.69) is 10.6 Å². The first kappa shape index (κ1) is 14.5. The van der Waals surface area contributed by atoms with Gasteiger partial charge in [0.2, 0.25) is 5.91 Å². The van der Waals surface area contributed by atoms with Gasteiger partial charge in [-0.1, -0.05) is 12.1 Å². The molecule has 0 aliphatic heterocycles. The molecule has 0 aliphatic rings. The average Bonchev–Trinajstić information content (AvgIpc) is 2.38. The largest absolute Gasteiger partial charge is 0.494 e. The Morgan fingerprint density at radius 3 is 2.50 bits per heavy atom. The Kier molecular flexibility index (Phi) is 6.22. The van der Waals surface area contributed by atoms with E-state index in [1.165, 1.54) is 0 Å². The van der Waals surface area contributed by atoms with Crippen molar-refractivity contribution in [2.45, 2.75) is 33.4 Å². The Labute approximate surface area is 109 Å². The van der Waals surface area contributed by atoms with Gasteiger partial charge in [-0.15, -0.1) is 0 Å². The van der Waals surface area contributed by atoms with Crippen molar-refractivity contribution < 1.29 is 9.53 Å². The average molecular weight is 250 g/mol. The molecule has 18 heavy (non-hydrogen) atoms. The number of benzene rings is 1. The van der Waals surface area contributed by atoms with Crippen molar-refractivity contribution in [1.29, 1.82) is 0 Å². The van der Waals surface area contributed by atoms with Crippen molar-refractivity contribution >= 4 is 5.91 Å². The van der Waals surface area contributed by atoms with Crippen LogP contribution in [0.25, 0.3) is 0 Å². The number of ether oxygens (including phenoxy) is 1. The highest BCUT2D eigenvalue weighted by Crippen LogP contribution is 2.11. The van der Waals surface area contributed by atoms with Crippen LogP contribution in [0.2, 0.25) is 0 Å². The fraction of sp³-hybridized carbons (Fsp3) is 0.500. The van der Waals surface area contributed by atoms with Gasteiger partial charge in [-0.25, -0.2) is 0 Å². The molecule has 1 amide bonds. The van der Waals surface area contributed by atoms with E-state index in [9.17, 15) is 4.79 Å². The van der Waals surface area contributed by atoms with Gasteiger partial charge < -0.3 is 15.4 Å². The fourth-order valence-electron chi connectivity index (χ4n) is 1.56.